The van der Waals surface area contributed by atoms with Crippen molar-refractivity contribution in [3.05, 3.63) is 65.5 Å². The summed E-state index contributed by atoms with van der Waals surface area (Å²) in [6, 6.07) is 17.6. The quantitative estimate of drug-likeness (QED) is 0.527. The number of nitrogens with one attached hydrogen (secondary N) is 1. The van der Waals surface area contributed by atoms with Crippen LogP contribution in [-0.2, 0) is 16.0 Å². The van der Waals surface area contributed by atoms with Crippen molar-refractivity contribution in [3.63, 3.8) is 0 Å². The molecule has 1 heterocycles. The summed E-state index contributed by atoms with van der Waals surface area (Å²) in [5.41, 5.74) is 9.32. The lowest BCUT2D eigenvalue weighted by Crippen LogP contribution is -2.42. The van der Waals surface area contributed by atoms with Crippen LogP contribution in [0.15, 0.2) is 60.0 Å². The topological polar surface area (TPSA) is 88.3 Å². The highest BCUT2D eigenvalue weighted by atomic mass is 32.1. The second-order valence-corrected chi connectivity index (χ2v) is 9.06. The Morgan fingerprint density at radius 3 is 2.44 bits per heavy atom. The van der Waals surface area contributed by atoms with Crippen molar-refractivity contribution in [1.82, 2.24) is 9.88 Å². The smallest absolute Gasteiger partial charge is 0.243 e. The summed E-state index contributed by atoms with van der Waals surface area (Å²) in [7, 11) is 0. The van der Waals surface area contributed by atoms with E-state index in [4.69, 9.17) is 5.73 Å². The van der Waals surface area contributed by atoms with Crippen LogP contribution >= 0.6 is 11.3 Å². The first-order chi connectivity index (χ1) is 15.6. The predicted octanol–water partition coefficient (Wildman–Crippen LogP) is 4.59. The molecule has 2 aromatic carbocycles. The van der Waals surface area contributed by atoms with Crippen LogP contribution in [0, 0.1) is 5.92 Å². The molecule has 1 aliphatic rings. The first kappa shape index (κ1) is 22.0. The molecular weight excluding hydrogens is 420 g/mol. The molecule has 1 fully saturated rings. The van der Waals surface area contributed by atoms with Crippen molar-refractivity contribution < 1.29 is 9.59 Å². The van der Waals surface area contributed by atoms with E-state index in [-0.39, 0.29) is 24.3 Å². The number of amides is 2. The molecule has 1 aliphatic carbocycles. The summed E-state index contributed by atoms with van der Waals surface area (Å²) in [6.45, 7) is 0.601. The molecule has 32 heavy (non-hydrogen) atoms. The standard InChI is InChI=1S/C25H28N4O2S/c26-25-28-22(17-32-25)19-10-12-21(13-11-19)27-23(30)16-29(24(31)20-8-4-5-9-20)15-14-18-6-2-1-3-7-18/h1-3,6-7,10-13,17,20H,4-5,8-9,14-16H2,(H2,26,28)(H,27,30). The molecule has 0 unspecified atom stereocenters. The van der Waals surface area contributed by atoms with Crippen LogP contribution in [0.4, 0.5) is 10.8 Å². The Kier molecular flexibility index (Phi) is 7.17. The zero-order valence-electron chi connectivity index (χ0n) is 18.0. The fraction of sp³-hybridized carbons (Fsp3) is 0.320. The number of carbonyl (C=O) groups is 2. The number of aromatic nitrogens is 1. The van der Waals surface area contributed by atoms with E-state index in [9.17, 15) is 9.59 Å². The predicted molar refractivity (Wildman–Crippen MR) is 129 cm³/mol. The number of hydrogen-bond donors (Lipinski definition) is 2. The van der Waals surface area contributed by atoms with Gasteiger partial charge in [0.15, 0.2) is 5.13 Å². The van der Waals surface area contributed by atoms with Crippen LogP contribution in [0.1, 0.15) is 31.2 Å². The van der Waals surface area contributed by atoms with Gasteiger partial charge in [0, 0.05) is 29.1 Å². The molecular formula is C25H28N4O2S. The minimum Gasteiger partial charge on any atom is -0.375 e. The van der Waals surface area contributed by atoms with E-state index in [0.29, 0.717) is 17.4 Å². The van der Waals surface area contributed by atoms with Crippen LogP contribution in [0.25, 0.3) is 11.3 Å². The highest BCUT2D eigenvalue weighted by Crippen LogP contribution is 2.27. The van der Waals surface area contributed by atoms with Gasteiger partial charge in [-0.3, -0.25) is 9.59 Å². The van der Waals surface area contributed by atoms with E-state index in [1.165, 1.54) is 11.3 Å². The largest absolute Gasteiger partial charge is 0.375 e. The number of rotatable bonds is 8. The second kappa shape index (κ2) is 10.4. The Labute approximate surface area is 192 Å². The van der Waals surface area contributed by atoms with Gasteiger partial charge in [-0.2, -0.15) is 0 Å². The minimum atomic E-state index is -0.185. The molecule has 3 aromatic rings. The highest BCUT2D eigenvalue weighted by molar-refractivity contribution is 7.13. The summed E-state index contributed by atoms with van der Waals surface area (Å²) >= 11 is 1.40. The van der Waals surface area contributed by atoms with Crippen molar-refractivity contribution in [2.75, 3.05) is 24.1 Å². The van der Waals surface area contributed by atoms with Gasteiger partial charge >= 0.3 is 0 Å². The highest BCUT2D eigenvalue weighted by Gasteiger charge is 2.28. The zero-order valence-corrected chi connectivity index (χ0v) is 18.8. The Bertz CT molecular complexity index is 1040. The van der Waals surface area contributed by atoms with Gasteiger partial charge in [-0.1, -0.05) is 55.3 Å². The Morgan fingerprint density at radius 1 is 1.06 bits per heavy atom. The fourth-order valence-corrected chi connectivity index (χ4v) is 4.70. The SMILES string of the molecule is Nc1nc(-c2ccc(NC(=O)CN(CCc3ccccc3)C(=O)C3CCCC3)cc2)cs1. The summed E-state index contributed by atoms with van der Waals surface area (Å²) < 4.78 is 0. The molecule has 0 spiro atoms. The molecule has 0 saturated heterocycles. The summed E-state index contributed by atoms with van der Waals surface area (Å²) in [4.78, 5) is 31.9. The lowest BCUT2D eigenvalue weighted by atomic mass is 10.1. The monoisotopic (exact) mass is 448 g/mol. The van der Waals surface area contributed by atoms with Crippen molar-refractivity contribution in [3.8, 4) is 11.3 Å². The molecule has 6 nitrogen and oxygen atoms in total. The van der Waals surface area contributed by atoms with Crippen LogP contribution in [0.3, 0.4) is 0 Å². The number of carbonyl (C=O) groups excluding carboxylic acids is 2. The normalized spacial score (nSPS) is 13.8. The molecule has 0 aliphatic heterocycles. The summed E-state index contributed by atoms with van der Waals surface area (Å²) in [6.07, 6.45) is 4.76. The summed E-state index contributed by atoms with van der Waals surface area (Å²) in [5.74, 6) is -0.0384. The average Bonchev–Trinajstić information content (AvgIpc) is 3.49. The van der Waals surface area contributed by atoms with Gasteiger partial charge < -0.3 is 16.0 Å². The van der Waals surface area contributed by atoms with Gasteiger partial charge in [-0.05, 0) is 37.0 Å². The molecule has 0 radical (unpaired) electrons. The average molecular weight is 449 g/mol. The third kappa shape index (κ3) is 5.73. The number of benzene rings is 2. The minimum absolute atomic E-state index is 0.0448. The van der Waals surface area contributed by atoms with E-state index < -0.39 is 0 Å². The molecule has 166 valence electrons. The zero-order chi connectivity index (χ0) is 22.3. The molecule has 7 heteroatoms. The van der Waals surface area contributed by atoms with Crippen molar-refractivity contribution in [2.24, 2.45) is 5.92 Å². The third-order valence-corrected chi connectivity index (χ3v) is 6.52. The number of thiazole rings is 1. The van der Waals surface area contributed by atoms with Gasteiger partial charge in [0.2, 0.25) is 11.8 Å². The van der Waals surface area contributed by atoms with Crippen molar-refractivity contribution >= 4 is 34.0 Å². The summed E-state index contributed by atoms with van der Waals surface area (Å²) in [5, 5.41) is 5.36. The maximum atomic E-state index is 13.1. The Morgan fingerprint density at radius 2 is 1.78 bits per heavy atom. The van der Waals surface area contributed by atoms with Crippen LogP contribution < -0.4 is 11.1 Å². The van der Waals surface area contributed by atoms with Crippen molar-refractivity contribution in [1.29, 1.82) is 0 Å². The number of nitrogens with two attached hydrogens (primary N) is 1. The first-order valence-electron chi connectivity index (χ1n) is 11.0. The molecule has 0 atom stereocenters. The van der Waals surface area contributed by atoms with Gasteiger partial charge in [-0.15, -0.1) is 11.3 Å². The maximum absolute atomic E-state index is 13.1. The maximum Gasteiger partial charge on any atom is 0.243 e. The van der Waals surface area contributed by atoms with E-state index >= 15 is 0 Å². The van der Waals surface area contributed by atoms with Crippen LogP contribution in [0.2, 0.25) is 0 Å². The molecule has 4 rings (SSSR count). The van der Waals surface area contributed by atoms with E-state index in [1.54, 1.807) is 4.90 Å². The Balaban J connectivity index is 1.39. The second-order valence-electron chi connectivity index (χ2n) is 8.17. The van der Waals surface area contributed by atoms with E-state index in [2.05, 4.69) is 22.4 Å². The van der Waals surface area contributed by atoms with E-state index in [0.717, 1.165) is 48.9 Å². The van der Waals surface area contributed by atoms with E-state index in [1.807, 2.05) is 47.8 Å². The van der Waals surface area contributed by atoms with Crippen molar-refractivity contribution in [2.45, 2.75) is 32.1 Å². The lowest BCUT2D eigenvalue weighted by molar-refractivity contribution is -0.138. The number of nitrogens with zero attached hydrogens (tertiary/aromatic N) is 2. The number of hydrogen-bond acceptors (Lipinski definition) is 5. The molecule has 1 aromatic heterocycles. The van der Waals surface area contributed by atoms with Crippen LogP contribution in [0.5, 0.6) is 0 Å². The van der Waals surface area contributed by atoms with Gasteiger partial charge in [0.05, 0.1) is 12.2 Å². The molecule has 1 saturated carbocycles. The van der Waals surface area contributed by atoms with Crippen LogP contribution in [-0.4, -0.2) is 34.8 Å². The molecule has 2 amide bonds. The van der Waals surface area contributed by atoms with Gasteiger partial charge in [0.1, 0.15) is 0 Å². The third-order valence-electron chi connectivity index (χ3n) is 5.85. The van der Waals surface area contributed by atoms with Gasteiger partial charge in [-0.25, -0.2) is 4.98 Å². The molecule has 3 N–H and O–H groups in total. The molecule has 0 bridgehead atoms. The fourth-order valence-electron chi connectivity index (χ4n) is 4.13. The number of anilines is 2. The lowest BCUT2D eigenvalue weighted by Gasteiger charge is -2.25. The Hall–Kier alpha value is -3.19. The number of nitrogen functional groups attached to an aromatic ring is 1. The first-order valence-corrected chi connectivity index (χ1v) is 11.9. The van der Waals surface area contributed by atoms with Gasteiger partial charge in [0.25, 0.3) is 0 Å².